The average molecular weight is 228 g/mol. The molecule has 1 aromatic rings. The van der Waals surface area contributed by atoms with Crippen LogP contribution in [0.4, 0.5) is 0 Å². The van der Waals surface area contributed by atoms with Gasteiger partial charge in [-0.05, 0) is 6.92 Å². The van der Waals surface area contributed by atoms with Crippen molar-refractivity contribution in [3.8, 4) is 0 Å². The standard InChI is InChI=1S/C10H16N2S2/c1-6(2)9-12-8(5-14-9)10-11-7(3)4-13-10/h5-7,10-11H,4H2,1-3H3. The van der Waals surface area contributed by atoms with Gasteiger partial charge in [0.05, 0.1) is 16.1 Å². The number of hydrogen-bond acceptors (Lipinski definition) is 4. The molecular formula is C10H16N2S2. The summed E-state index contributed by atoms with van der Waals surface area (Å²) in [5, 5.41) is 7.40. The highest BCUT2D eigenvalue weighted by Crippen LogP contribution is 2.34. The van der Waals surface area contributed by atoms with Gasteiger partial charge in [-0.25, -0.2) is 4.98 Å². The Bertz CT molecular complexity index is 309. The zero-order chi connectivity index (χ0) is 10.1. The third-order valence-electron chi connectivity index (χ3n) is 2.25. The Morgan fingerprint density at radius 3 is 2.86 bits per heavy atom. The Balaban J connectivity index is 2.09. The molecule has 0 bridgehead atoms. The van der Waals surface area contributed by atoms with E-state index in [2.05, 4.69) is 36.5 Å². The molecule has 1 aromatic heterocycles. The molecule has 1 saturated heterocycles. The molecule has 1 aliphatic heterocycles. The quantitative estimate of drug-likeness (QED) is 0.842. The van der Waals surface area contributed by atoms with E-state index in [1.165, 1.54) is 16.5 Å². The Morgan fingerprint density at radius 1 is 1.57 bits per heavy atom. The number of aromatic nitrogens is 1. The molecular weight excluding hydrogens is 212 g/mol. The molecule has 2 unspecified atom stereocenters. The summed E-state index contributed by atoms with van der Waals surface area (Å²) in [6, 6.07) is 0.620. The molecule has 0 saturated carbocycles. The van der Waals surface area contributed by atoms with Crippen molar-refractivity contribution < 1.29 is 0 Å². The number of thioether (sulfide) groups is 1. The topological polar surface area (TPSA) is 24.9 Å². The van der Waals surface area contributed by atoms with Crippen molar-refractivity contribution in [2.75, 3.05) is 5.75 Å². The Labute approximate surface area is 93.5 Å². The van der Waals surface area contributed by atoms with Crippen LogP contribution in [0.2, 0.25) is 0 Å². The van der Waals surface area contributed by atoms with Gasteiger partial charge in [-0.2, -0.15) is 0 Å². The molecule has 2 nitrogen and oxygen atoms in total. The maximum atomic E-state index is 4.66. The third-order valence-corrected chi connectivity index (χ3v) is 4.82. The summed E-state index contributed by atoms with van der Waals surface area (Å²) in [6.07, 6.45) is 0. The predicted octanol–water partition coefficient (Wildman–Crippen LogP) is 2.99. The van der Waals surface area contributed by atoms with Crippen LogP contribution in [0.15, 0.2) is 5.38 Å². The molecule has 1 aliphatic rings. The van der Waals surface area contributed by atoms with Gasteiger partial charge in [0.25, 0.3) is 0 Å². The van der Waals surface area contributed by atoms with E-state index < -0.39 is 0 Å². The first-order valence-corrected chi connectivity index (χ1v) is 6.92. The lowest BCUT2D eigenvalue weighted by atomic mass is 10.2. The van der Waals surface area contributed by atoms with Crippen LogP contribution < -0.4 is 5.32 Å². The van der Waals surface area contributed by atoms with Crippen molar-refractivity contribution in [2.45, 2.75) is 38.1 Å². The minimum absolute atomic E-state index is 0.425. The fraction of sp³-hybridized carbons (Fsp3) is 0.700. The van der Waals surface area contributed by atoms with Gasteiger partial charge in [-0.3, -0.25) is 5.32 Å². The molecule has 0 amide bonds. The monoisotopic (exact) mass is 228 g/mol. The van der Waals surface area contributed by atoms with Gasteiger partial charge >= 0.3 is 0 Å². The van der Waals surface area contributed by atoms with Gasteiger partial charge < -0.3 is 0 Å². The molecule has 0 spiro atoms. The molecule has 2 heterocycles. The highest BCUT2D eigenvalue weighted by Gasteiger charge is 2.24. The molecule has 14 heavy (non-hydrogen) atoms. The molecule has 0 radical (unpaired) electrons. The zero-order valence-corrected chi connectivity index (χ0v) is 10.4. The molecule has 0 aliphatic carbocycles. The molecule has 2 rings (SSSR count). The summed E-state index contributed by atoms with van der Waals surface area (Å²) in [5.41, 5.74) is 1.22. The minimum Gasteiger partial charge on any atom is -0.297 e. The third kappa shape index (κ3) is 2.12. The fourth-order valence-electron chi connectivity index (χ4n) is 1.45. The average Bonchev–Trinajstić information content (AvgIpc) is 2.70. The van der Waals surface area contributed by atoms with Crippen molar-refractivity contribution >= 4 is 23.1 Å². The number of thiazole rings is 1. The molecule has 1 N–H and O–H groups in total. The second-order valence-corrected chi connectivity index (χ2v) is 6.07. The van der Waals surface area contributed by atoms with Gasteiger partial charge in [0, 0.05) is 23.1 Å². The Kier molecular flexibility index (Phi) is 3.14. The maximum absolute atomic E-state index is 4.66. The summed E-state index contributed by atoms with van der Waals surface area (Å²) in [7, 11) is 0. The van der Waals surface area contributed by atoms with Gasteiger partial charge in [0.15, 0.2) is 0 Å². The lowest BCUT2D eigenvalue weighted by Crippen LogP contribution is -2.22. The van der Waals surface area contributed by atoms with E-state index in [-0.39, 0.29) is 0 Å². The first-order valence-electron chi connectivity index (χ1n) is 5.00. The van der Waals surface area contributed by atoms with E-state index >= 15 is 0 Å². The summed E-state index contributed by atoms with van der Waals surface area (Å²) >= 11 is 3.74. The number of rotatable bonds is 2. The van der Waals surface area contributed by atoms with E-state index in [0.29, 0.717) is 17.3 Å². The Morgan fingerprint density at radius 2 is 2.36 bits per heavy atom. The van der Waals surface area contributed by atoms with Gasteiger partial charge in [-0.15, -0.1) is 23.1 Å². The minimum atomic E-state index is 0.425. The van der Waals surface area contributed by atoms with Gasteiger partial charge in [0.1, 0.15) is 0 Å². The van der Waals surface area contributed by atoms with E-state index in [1.807, 2.05) is 11.8 Å². The zero-order valence-electron chi connectivity index (χ0n) is 8.78. The van der Waals surface area contributed by atoms with Crippen LogP contribution in [0.3, 0.4) is 0 Å². The van der Waals surface area contributed by atoms with Crippen LogP contribution in [-0.4, -0.2) is 16.8 Å². The molecule has 0 aromatic carbocycles. The normalized spacial score (nSPS) is 27.4. The first kappa shape index (κ1) is 10.5. The van der Waals surface area contributed by atoms with Crippen molar-refractivity contribution in [1.29, 1.82) is 0 Å². The van der Waals surface area contributed by atoms with Crippen molar-refractivity contribution in [1.82, 2.24) is 10.3 Å². The number of hydrogen-bond donors (Lipinski definition) is 1. The predicted molar refractivity (Wildman–Crippen MR) is 64.0 cm³/mol. The van der Waals surface area contributed by atoms with Gasteiger partial charge in [0.2, 0.25) is 0 Å². The van der Waals surface area contributed by atoms with Crippen LogP contribution in [0, 0.1) is 0 Å². The molecule has 1 fully saturated rings. The van der Waals surface area contributed by atoms with E-state index in [0.717, 1.165) is 0 Å². The SMILES string of the molecule is CC1CSC(c2csc(C(C)C)n2)N1. The summed E-state index contributed by atoms with van der Waals surface area (Å²) in [4.78, 5) is 4.66. The summed E-state index contributed by atoms with van der Waals surface area (Å²) < 4.78 is 0. The first-order chi connectivity index (χ1) is 6.66. The molecule has 4 heteroatoms. The second kappa shape index (κ2) is 4.21. The van der Waals surface area contributed by atoms with E-state index in [4.69, 9.17) is 0 Å². The van der Waals surface area contributed by atoms with Gasteiger partial charge in [-0.1, -0.05) is 13.8 Å². The summed E-state index contributed by atoms with van der Waals surface area (Å²) in [5.74, 6) is 1.75. The lowest BCUT2D eigenvalue weighted by molar-refractivity contribution is 0.610. The maximum Gasteiger partial charge on any atom is 0.0973 e. The Hall–Kier alpha value is -0.0600. The van der Waals surface area contributed by atoms with E-state index in [9.17, 15) is 0 Å². The second-order valence-electron chi connectivity index (χ2n) is 4.05. The van der Waals surface area contributed by atoms with Crippen molar-refractivity contribution in [2.24, 2.45) is 0 Å². The molecule has 2 atom stereocenters. The largest absolute Gasteiger partial charge is 0.297 e. The van der Waals surface area contributed by atoms with Crippen LogP contribution >= 0.6 is 23.1 Å². The highest BCUT2D eigenvalue weighted by molar-refractivity contribution is 7.99. The van der Waals surface area contributed by atoms with E-state index in [1.54, 1.807) is 11.3 Å². The van der Waals surface area contributed by atoms with Crippen molar-refractivity contribution in [3.63, 3.8) is 0 Å². The number of nitrogens with zero attached hydrogens (tertiary/aromatic N) is 1. The lowest BCUT2D eigenvalue weighted by Gasteiger charge is -2.07. The molecule has 78 valence electrons. The van der Waals surface area contributed by atoms with Crippen molar-refractivity contribution in [3.05, 3.63) is 16.1 Å². The smallest absolute Gasteiger partial charge is 0.0973 e. The van der Waals surface area contributed by atoms with Crippen LogP contribution in [-0.2, 0) is 0 Å². The van der Waals surface area contributed by atoms with Crippen LogP contribution in [0.1, 0.15) is 42.8 Å². The van der Waals surface area contributed by atoms with Crippen LogP contribution in [0.25, 0.3) is 0 Å². The summed E-state index contributed by atoms with van der Waals surface area (Å²) in [6.45, 7) is 6.61. The fourth-order valence-corrected chi connectivity index (χ4v) is 3.60. The van der Waals surface area contributed by atoms with Crippen LogP contribution in [0.5, 0.6) is 0 Å². The highest BCUT2D eigenvalue weighted by atomic mass is 32.2. The number of nitrogens with one attached hydrogen (secondary N) is 1.